The third kappa shape index (κ3) is 7.12. The van der Waals surface area contributed by atoms with Gasteiger partial charge in [-0.15, -0.1) is 0 Å². The standard InChI is InChI=1S/C28H25N3O4S2/c32-26(29-23-14-16-24(17-15-23)31(34)35)9-5-2-6-18-30-27(33)25(37-28(30)36)19-20-10-12-22(13-11-20)21-7-3-1-4-8-21/h1,3-4,7-8,10-17,19H,2,5-6,9,18H2,(H,29,32)/b25-19-. The first-order valence-electron chi connectivity index (χ1n) is 11.9. The molecular weight excluding hydrogens is 506 g/mol. The van der Waals surface area contributed by atoms with Gasteiger partial charge < -0.3 is 5.32 Å². The summed E-state index contributed by atoms with van der Waals surface area (Å²) in [5.41, 5.74) is 3.70. The first-order chi connectivity index (χ1) is 17.9. The maximum absolute atomic E-state index is 12.9. The van der Waals surface area contributed by atoms with Crippen LogP contribution < -0.4 is 5.32 Å². The molecule has 0 aromatic heterocycles. The lowest BCUT2D eigenvalue weighted by atomic mass is 10.0. The second kappa shape index (κ2) is 12.4. The van der Waals surface area contributed by atoms with Gasteiger partial charge in [0.2, 0.25) is 5.91 Å². The molecule has 1 saturated heterocycles. The Morgan fingerprint density at radius 2 is 1.62 bits per heavy atom. The van der Waals surface area contributed by atoms with Crippen LogP contribution in [0.1, 0.15) is 31.2 Å². The summed E-state index contributed by atoms with van der Waals surface area (Å²) < 4.78 is 0.549. The van der Waals surface area contributed by atoms with Crippen molar-refractivity contribution in [1.29, 1.82) is 0 Å². The molecule has 0 bridgehead atoms. The van der Waals surface area contributed by atoms with Crippen molar-refractivity contribution >= 4 is 57.6 Å². The van der Waals surface area contributed by atoms with Crippen molar-refractivity contribution in [3.05, 3.63) is 99.4 Å². The lowest BCUT2D eigenvalue weighted by Crippen LogP contribution is -2.29. The molecule has 0 unspecified atom stereocenters. The number of carbonyl (C=O) groups excluding carboxylic acids is 2. The summed E-state index contributed by atoms with van der Waals surface area (Å²) in [4.78, 5) is 37.5. The number of anilines is 1. The minimum absolute atomic E-state index is 0.0236. The summed E-state index contributed by atoms with van der Waals surface area (Å²) in [5, 5.41) is 13.4. The van der Waals surface area contributed by atoms with Crippen LogP contribution >= 0.6 is 24.0 Å². The third-order valence-electron chi connectivity index (χ3n) is 5.84. The van der Waals surface area contributed by atoms with Crippen molar-refractivity contribution in [3.63, 3.8) is 0 Å². The molecular formula is C28H25N3O4S2. The van der Waals surface area contributed by atoms with Crippen LogP contribution in [-0.2, 0) is 9.59 Å². The Labute approximate surface area is 224 Å². The largest absolute Gasteiger partial charge is 0.326 e. The highest BCUT2D eigenvalue weighted by Crippen LogP contribution is 2.33. The summed E-state index contributed by atoms with van der Waals surface area (Å²) in [7, 11) is 0. The lowest BCUT2D eigenvalue weighted by Gasteiger charge is -2.14. The lowest BCUT2D eigenvalue weighted by molar-refractivity contribution is -0.384. The number of thioether (sulfide) groups is 1. The van der Waals surface area contributed by atoms with Gasteiger partial charge in [-0.3, -0.25) is 24.6 Å². The van der Waals surface area contributed by atoms with E-state index in [-0.39, 0.29) is 17.5 Å². The molecule has 1 aliphatic heterocycles. The van der Waals surface area contributed by atoms with Gasteiger partial charge in [-0.2, -0.15) is 0 Å². The molecule has 37 heavy (non-hydrogen) atoms. The number of hydrogen-bond acceptors (Lipinski definition) is 6. The molecule has 1 aliphatic rings. The van der Waals surface area contributed by atoms with Crippen molar-refractivity contribution in [1.82, 2.24) is 4.90 Å². The molecule has 188 valence electrons. The molecule has 0 atom stereocenters. The average Bonchev–Trinajstić information content (AvgIpc) is 3.17. The highest BCUT2D eigenvalue weighted by Gasteiger charge is 2.31. The Balaban J connectivity index is 1.21. The third-order valence-corrected chi connectivity index (χ3v) is 7.21. The number of thiocarbonyl (C=S) groups is 1. The minimum atomic E-state index is -0.483. The molecule has 4 rings (SSSR count). The number of unbranched alkanes of at least 4 members (excludes halogenated alkanes) is 2. The van der Waals surface area contributed by atoms with Gasteiger partial charge in [-0.1, -0.05) is 85.0 Å². The Bertz CT molecular complexity index is 1320. The van der Waals surface area contributed by atoms with Gasteiger partial charge in [-0.05, 0) is 47.7 Å². The van der Waals surface area contributed by atoms with Gasteiger partial charge in [0.25, 0.3) is 11.6 Å². The van der Waals surface area contributed by atoms with Crippen LogP contribution in [0.2, 0.25) is 0 Å². The van der Waals surface area contributed by atoms with E-state index in [9.17, 15) is 19.7 Å². The normalized spacial score (nSPS) is 14.3. The number of rotatable bonds is 10. The highest BCUT2D eigenvalue weighted by molar-refractivity contribution is 8.26. The van der Waals surface area contributed by atoms with Gasteiger partial charge in [0.05, 0.1) is 9.83 Å². The van der Waals surface area contributed by atoms with Crippen LogP contribution in [0.25, 0.3) is 17.2 Å². The van der Waals surface area contributed by atoms with E-state index in [1.165, 1.54) is 36.0 Å². The molecule has 0 aliphatic carbocycles. The second-order valence-electron chi connectivity index (χ2n) is 8.48. The van der Waals surface area contributed by atoms with Crippen molar-refractivity contribution in [3.8, 4) is 11.1 Å². The quantitative estimate of drug-likeness (QED) is 0.103. The summed E-state index contributed by atoms with van der Waals surface area (Å²) in [5.74, 6) is -0.237. The molecule has 1 N–H and O–H groups in total. The van der Waals surface area contributed by atoms with Gasteiger partial charge in [-0.25, -0.2) is 0 Å². The molecule has 0 spiro atoms. The van der Waals surface area contributed by atoms with Crippen molar-refractivity contribution in [2.45, 2.75) is 25.7 Å². The van der Waals surface area contributed by atoms with Crippen LogP contribution in [0.4, 0.5) is 11.4 Å². The zero-order valence-corrected chi connectivity index (χ0v) is 21.6. The summed E-state index contributed by atoms with van der Waals surface area (Å²) in [6.45, 7) is 0.513. The van der Waals surface area contributed by atoms with E-state index in [1.807, 2.05) is 48.5 Å². The maximum Gasteiger partial charge on any atom is 0.269 e. The SMILES string of the molecule is O=C(CCCCCN1C(=O)/C(=C/c2ccc(-c3ccccc3)cc2)SC1=S)Nc1ccc([N+](=O)[O-])cc1. The molecule has 2 amide bonds. The van der Waals surface area contributed by atoms with E-state index < -0.39 is 4.92 Å². The zero-order valence-electron chi connectivity index (χ0n) is 20.0. The number of nitro groups is 1. The summed E-state index contributed by atoms with van der Waals surface area (Å²) in [6.07, 6.45) is 4.36. The smallest absolute Gasteiger partial charge is 0.269 e. The number of benzene rings is 3. The Morgan fingerprint density at radius 3 is 2.30 bits per heavy atom. The maximum atomic E-state index is 12.9. The van der Waals surface area contributed by atoms with Crippen LogP contribution in [0.5, 0.6) is 0 Å². The van der Waals surface area contributed by atoms with Crippen LogP contribution in [0.3, 0.4) is 0 Å². The summed E-state index contributed by atoms with van der Waals surface area (Å²) >= 11 is 6.75. The topological polar surface area (TPSA) is 92.6 Å². The molecule has 0 saturated carbocycles. The highest BCUT2D eigenvalue weighted by atomic mass is 32.2. The first-order valence-corrected chi connectivity index (χ1v) is 13.1. The number of amides is 2. The predicted molar refractivity (Wildman–Crippen MR) is 152 cm³/mol. The van der Waals surface area contributed by atoms with E-state index in [4.69, 9.17) is 12.2 Å². The van der Waals surface area contributed by atoms with Gasteiger partial charge in [0.1, 0.15) is 4.32 Å². The predicted octanol–water partition coefficient (Wildman–Crippen LogP) is 6.66. The van der Waals surface area contributed by atoms with E-state index in [2.05, 4.69) is 17.4 Å². The van der Waals surface area contributed by atoms with Crippen LogP contribution in [0, 0.1) is 10.1 Å². The molecule has 3 aromatic carbocycles. The fourth-order valence-corrected chi connectivity index (χ4v) is 5.18. The van der Waals surface area contributed by atoms with Crippen LogP contribution in [-0.4, -0.2) is 32.5 Å². The molecule has 1 heterocycles. The molecule has 3 aromatic rings. The fraction of sp³-hybridized carbons (Fsp3) is 0.179. The Hall–Kier alpha value is -3.82. The number of non-ortho nitro benzene ring substituents is 1. The number of nitro benzene ring substituents is 1. The molecule has 9 heteroatoms. The summed E-state index contributed by atoms with van der Waals surface area (Å²) in [6, 6.07) is 23.9. The fourth-order valence-electron chi connectivity index (χ4n) is 3.87. The second-order valence-corrected chi connectivity index (χ2v) is 10.2. The average molecular weight is 532 g/mol. The molecule has 0 radical (unpaired) electrons. The minimum Gasteiger partial charge on any atom is -0.326 e. The van der Waals surface area contributed by atoms with Gasteiger partial charge in [0, 0.05) is 30.8 Å². The van der Waals surface area contributed by atoms with E-state index in [0.717, 1.165) is 29.5 Å². The Morgan fingerprint density at radius 1 is 0.946 bits per heavy atom. The van der Waals surface area contributed by atoms with Crippen LogP contribution in [0.15, 0.2) is 83.8 Å². The monoisotopic (exact) mass is 531 g/mol. The van der Waals surface area contributed by atoms with Gasteiger partial charge in [0.15, 0.2) is 0 Å². The zero-order chi connectivity index (χ0) is 26.2. The van der Waals surface area contributed by atoms with Crippen molar-refractivity contribution in [2.24, 2.45) is 0 Å². The molecule has 7 nitrogen and oxygen atoms in total. The van der Waals surface area contributed by atoms with Crippen molar-refractivity contribution in [2.75, 3.05) is 11.9 Å². The Kier molecular flexibility index (Phi) is 8.81. The van der Waals surface area contributed by atoms with Gasteiger partial charge >= 0.3 is 0 Å². The first kappa shape index (κ1) is 26.2. The van der Waals surface area contributed by atoms with E-state index >= 15 is 0 Å². The van der Waals surface area contributed by atoms with E-state index in [0.29, 0.717) is 34.3 Å². The van der Waals surface area contributed by atoms with E-state index in [1.54, 1.807) is 4.90 Å². The van der Waals surface area contributed by atoms with Crippen molar-refractivity contribution < 1.29 is 14.5 Å². The number of hydrogen-bond donors (Lipinski definition) is 1. The number of carbonyl (C=O) groups is 2. The number of nitrogens with one attached hydrogen (secondary N) is 1. The number of nitrogens with zero attached hydrogens (tertiary/aromatic N) is 2. The molecule has 1 fully saturated rings.